The van der Waals surface area contributed by atoms with Crippen LogP contribution in [0.5, 0.6) is 0 Å². The molecule has 0 saturated carbocycles. The number of carbonyl (C=O) groups excluding carboxylic acids is 1. The molecule has 0 spiro atoms. The third kappa shape index (κ3) is 4.50. The predicted octanol–water partition coefficient (Wildman–Crippen LogP) is 2.54. The second kappa shape index (κ2) is 8.34. The van der Waals surface area contributed by atoms with E-state index in [-0.39, 0.29) is 11.9 Å². The molecule has 0 aliphatic heterocycles. The fourth-order valence-electron chi connectivity index (χ4n) is 1.15. The molecule has 1 N–H and O–H groups in total. The van der Waals surface area contributed by atoms with Crippen molar-refractivity contribution in [2.75, 3.05) is 7.11 Å². The Morgan fingerprint density at radius 3 is 2.50 bits per heavy atom. The van der Waals surface area contributed by atoms with Crippen LogP contribution in [0.1, 0.15) is 26.7 Å². The van der Waals surface area contributed by atoms with Crippen LogP contribution in [0.15, 0.2) is 5.10 Å². The van der Waals surface area contributed by atoms with Crippen LogP contribution in [0.4, 0.5) is 0 Å². The third-order valence-electron chi connectivity index (χ3n) is 1.97. The number of esters is 1. The standard InChI is InChI=1S/C8H15IN2O2S/c1-4-6(5-2)7(8(12)13-3)10-11-14-9/h6,11H,4-5H2,1-3H3/b10-7+. The first-order chi connectivity index (χ1) is 6.71. The number of hydrazone groups is 1. The lowest BCUT2D eigenvalue weighted by molar-refractivity contribution is -0.133. The highest BCUT2D eigenvalue weighted by atomic mass is 127. The molecular formula is C8H15IN2O2S. The smallest absolute Gasteiger partial charge is 0.354 e. The average molecular weight is 330 g/mol. The lowest BCUT2D eigenvalue weighted by atomic mass is 9.97. The summed E-state index contributed by atoms with van der Waals surface area (Å²) in [5, 5.41) is 4.00. The van der Waals surface area contributed by atoms with Gasteiger partial charge in [-0.05, 0) is 12.8 Å². The largest absolute Gasteiger partial charge is 0.464 e. The molecule has 0 atom stereocenters. The minimum Gasteiger partial charge on any atom is -0.464 e. The van der Waals surface area contributed by atoms with Crippen molar-refractivity contribution in [3.05, 3.63) is 0 Å². The summed E-state index contributed by atoms with van der Waals surface area (Å²) >= 11 is 2.05. The summed E-state index contributed by atoms with van der Waals surface area (Å²) in [5.74, 6) is -0.185. The van der Waals surface area contributed by atoms with Crippen molar-refractivity contribution in [2.45, 2.75) is 26.7 Å². The minimum atomic E-state index is -0.350. The molecule has 0 amide bonds. The molecular weight excluding hydrogens is 315 g/mol. The van der Waals surface area contributed by atoms with Gasteiger partial charge in [0.2, 0.25) is 0 Å². The Morgan fingerprint density at radius 2 is 2.14 bits per heavy atom. The molecule has 0 aromatic carbocycles. The molecule has 0 saturated heterocycles. The Morgan fingerprint density at radius 1 is 1.57 bits per heavy atom. The number of methoxy groups -OCH3 is 1. The molecule has 0 aliphatic rings. The monoisotopic (exact) mass is 330 g/mol. The second-order valence-electron chi connectivity index (χ2n) is 2.67. The van der Waals surface area contributed by atoms with Gasteiger partial charge in [-0.2, -0.15) is 5.10 Å². The molecule has 0 aromatic heterocycles. The molecule has 82 valence electrons. The van der Waals surface area contributed by atoms with Gasteiger partial charge in [0.1, 0.15) is 5.71 Å². The quantitative estimate of drug-likeness (QED) is 0.267. The van der Waals surface area contributed by atoms with Gasteiger partial charge in [0.25, 0.3) is 0 Å². The second-order valence-corrected chi connectivity index (χ2v) is 4.33. The average Bonchev–Trinajstić information content (AvgIpc) is 2.23. The first kappa shape index (κ1) is 14.0. The number of ether oxygens (including phenoxy) is 1. The lowest BCUT2D eigenvalue weighted by Crippen LogP contribution is -2.26. The number of rotatable bonds is 6. The van der Waals surface area contributed by atoms with Crippen molar-refractivity contribution in [1.82, 2.24) is 4.83 Å². The molecule has 0 heterocycles. The van der Waals surface area contributed by atoms with E-state index >= 15 is 0 Å². The number of hydrogen-bond acceptors (Lipinski definition) is 5. The normalized spacial score (nSPS) is 11.6. The van der Waals surface area contributed by atoms with Crippen LogP contribution in [-0.4, -0.2) is 18.8 Å². The fraction of sp³-hybridized carbons (Fsp3) is 0.750. The summed E-state index contributed by atoms with van der Waals surface area (Å²) in [6.45, 7) is 4.06. The molecule has 0 bridgehead atoms. The number of carbonyl (C=O) groups is 1. The SMILES string of the molecule is CCC(CC)/C(=N\NSI)C(=O)OC. The minimum absolute atomic E-state index is 0.165. The highest BCUT2D eigenvalue weighted by molar-refractivity contribution is 14.2. The van der Waals surface area contributed by atoms with Gasteiger partial charge in [-0.1, -0.05) is 13.8 Å². The van der Waals surface area contributed by atoms with Crippen LogP contribution in [0.25, 0.3) is 0 Å². The first-order valence-corrected chi connectivity index (χ1v) is 7.75. The molecule has 0 aromatic rings. The zero-order chi connectivity index (χ0) is 11.0. The van der Waals surface area contributed by atoms with Crippen LogP contribution >= 0.6 is 30.3 Å². The van der Waals surface area contributed by atoms with Gasteiger partial charge >= 0.3 is 5.97 Å². The molecule has 0 rings (SSSR count). The predicted molar refractivity (Wildman–Crippen MR) is 68.3 cm³/mol. The third-order valence-corrected chi connectivity index (χ3v) is 2.72. The highest BCUT2D eigenvalue weighted by Gasteiger charge is 2.20. The van der Waals surface area contributed by atoms with Crippen LogP contribution < -0.4 is 4.83 Å². The molecule has 0 unspecified atom stereocenters. The summed E-state index contributed by atoms with van der Waals surface area (Å²) in [6.07, 6.45) is 1.77. The lowest BCUT2D eigenvalue weighted by Gasteiger charge is -2.13. The summed E-state index contributed by atoms with van der Waals surface area (Å²) < 4.78 is 4.67. The van der Waals surface area contributed by atoms with Gasteiger partial charge < -0.3 is 4.74 Å². The van der Waals surface area contributed by atoms with E-state index in [1.165, 1.54) is 16.2 Å². The van der Waals surface area contributed by atoms with E-state index in [0.717, 1.165) is 12.8 Å². The van der Waals surface area contributed by atoms with Crippen molar-refractivity contribution in [3.8, 4) is 0 Å². The van der Waals surface area contributed by atoms with Gasteiger partial charge in [-0.3, -0.25) is 0 Å². The summed E-state index contributed by atoms with van der Waals surface area (Å²) in [5.41, 5.74) is 0.474. The summed E-state index contributed by atoms with van der Waals surface area (Å²) in [4.78, 5) is 14.1. The van der Waals surface area contributed by atoms with Crippen molar-refractivity contribution < 1.29 is 9.53 Å². The Kier molecular flexibility index (Phi) is 8.35. The van der Waals surface area contributed by atoms with Gasteiger partial charge in [0.15, 0.2) is 0 Å². The Labute approximate surface area is 101 Å². The van der Waals surface area contributed by atoms with E-state index < -0.39 is 0 Å². The van der Waals surface area contributed by atoms with E-state index in [1.807, 2.05) is 13.8 Å². The van der Waals surface area contributed by atoms with E-state index in [9.17, 15) is 4.79 Å². The maximum absolute atomic E-state index is 11.4. The van der Waals surface area contributed by atoms with Gasteiger partial charge in [0, 0.05) is 36.2 Å². The Hall–Kier alpha value is 0.0200. The molecule has 0 fully saturated rings. The van der Waals surface area contributed by atoms with Crippen LogP contribution in [0, 0.1) is 5.92 Å². The van der Waals surface area contributed by atoms with Crippen molar-refractivity contribution in [1.29, 1.82) is 0 Å². The van der Waals surface area contributed by atoms with Crippen LogP contribution in [-0.2, 0) is 9.53 Å². The summed E-state index contributed by atoms with van der Waals surface area (Å²) in [7, 11) is 2.69. The number of nitrogens with one attached hydrogen (secondary N) is 1. The Balaban J connectivity index is 4.60. The summed E-state index contributed by atoms with van der Waals surface area (Å²) in [6, 6.07) is 0. The van der Waals surface area contributed by atoms with Gasteiger partial charge in [-0.25, -0.2) is 9.63 Å². The maximum atomic E-state index is 11.4. The van der Waals surface area contributed by atoms with E-state index in [4.69, 9.17) is 0 Å². The molecule has 4 nitrogen and oxygen atoms in total. The number of halogens is 1. The molecule has 14 heavy (non-hydrogen) atoms. The van der Waals surface area contributed by atoms with E-state index in [2.05, 4.69) is 35.9 Å². The molecule has 0 aliphatic carbocycles. The number of nitrogens with zero attached hydrogens (tertiary/aromatic N) is 1. The highest BCUT2D eigenvalue weighted by Crippen LogP contribution is 2.12. The van der Waals surface area contributed by atoms with E-state index in [1.54, 1.807) is 0 Å². The Bertz CT molecular complexity index is 208. The first-order valence-electron chi connectivity index (χ1n) is 4.39. The molecule has 6 heteroatoms. The van der Waals surface area contributed by atoms with Gasteiger partial charge in [-0.15, -0.1) is 0 Å². The van der Waals surface area contributed by atoms with E-state index in [0.29, 0.717) is 5.71 Å². The van der Waals surface area contributed by atoms with Crippen molar-refractivity contribution >= 4 is 42.0 Å². The van der Waals surface area contributed by atoms with Crippen LogP contribution in [0.3, 0.4) is 0 Å². The molecule has 0 radical (unpaired) electrons. The number of hydrogen-bond donors (Lipinski definition) is 1. The fourth-order valence-corrected chi connectivity index (χ4v) is 1.58. The zero-order valence-corrected chi connectivity index (χ0v) is 11.5. The van der Waals surface area contributed by atoms with Crippen molar-refractivity contribution in [2.24, 2.45) is 11.0 Å². The van der Waals surface area contributed by atoms with Crippen molar-refractivity contribution in [3.63, 3.8) is 0 Å². The topological polar surface area (TPSA) is 50.7 Å². The zero-order valence-electron chi connectivity index (χ0n) is 8.54. The maximum Gasteiger partial charge on any atom is 0.354 e. The van der Waals surface area contributed by atoms with Gasteiger partial charge in [0.05, 0.1) is 7.11 Å². The van der Waals surface area contributed by atoms with Crippen LogP contribution in [0.2, 0.25) is 0 Å².